The Morgan fingerprint density at radius 1 is 0.608 bits per heavy atom. The molecule has 97 heavy (non-hydrogen) atoms. The van der Waals surface area contributed by atoms with Crippen molar-refractivity contribution in [3.63, 3.8) is 0 Å². The van der Waals surface area contributed by atoms with Crippen molar-refractivity contribution in [2.45, 2.75) is 120 Å². The molecule has 2 fully saturated rings. The normalized spacial score (nSPS) is 22.3. The molecule has 9 atom stereocenters. The molecule has 2 heterocycles. The topological polar surface area (TPSA) is 167 Å². The Morgan fingerprint density at radius 2 is 1.03 bits per heavy atom. The lowest BCUT2D eigenvalue weighted by atomic mass is 9.59. The molecular formula is C84H99N2O10P. The number of esters is 1. The third-order valence-corrected chi connectivity index (χ3v) is 21.1. The van der Waals surface area contributed by atoms with Crippen LogP contribution < -0.4 is 26.5 Å². The molecule has 510 valence electrons. The molecule has 6 aromatic rings. The lowest BCUT2D eigenvalue weighted by Crippen LogP contribution is -2.47. The van der Waals surface area contributed by atoms with Gasteiger partial charge in [0.1, 0.15) is 37.1 Å². The summed E-state index contributed by atoms with van der Waals surface area (Å²) in [5.41, 5.74) is 3.47. The molecule has 2 saturated heterocycles. The highest BCUT2D eigenvalue weighted by atomic mass is 31.1. The first-order chi connectivity index (χ1) is 45.6. The highest BCUT2D eigenvalue weighted by molar-refractivity contribution is 7.80. The minimum Gasteiger partial charge on any atom is -0.464 e. The van der Waals surface area contributed by atoms with Crippen LogP contribution in [0.1, 0.15) is 145 Å². The number of amides is 2. The van der Waals surface area contributed by atoms with Gasteiger partial charge in [-0.3, -0.25) is 28.8 Å². The van der Waals surface area contributed by atoms with Gasteiger partial charge >= 0.3 is 5.97 Å². The first-order valence-corrected chi connectivity index (χ1v) is 33.7. The van der Waals surface area contributed by atoms with Crippen LogP contribution in [0.2, 0.25) is 0 Å². The molecule has 2 N–H and O–H groups in total. The molecule has 2 aliphatic carbocycles. The molecule has 0 saturated carbocycles. The van der Waals surface area contributed by atoms with E-state index in [0.29, 0.717) is 24.3 Å². The summed E-state index contributed by atoms with van der Waals surface area (Å²) in [6.45, 7) is 24.3. The number of carbonyl (C=O) groups excluding carboxylic acids is 6. The number of rotatable bonds is 19. The number of hydrogen-bond donors (Lipinski definition) is 2. The first kappa shape index (κ1) is 78.8. The number of ether oxygens (including phenoxy) is 4. The summed E-state index contributed by atoms with van der Waals surface area (Å²) in [5, 5.41) is 9.96. The quantitative estimate of drug-likeness (QED) is 0.0199. The predicted molar refractivity (Wildman–Crippen MR) is 394 cm³/mol. The van der Waals surface area contributed by atoms with Crippen molar-refractivity contribution in [1.82, 2.24) is 10.6 Å². The van der Waals surface area contributed by atoms with Gasteiger partial charge in [0.25, 0.3) is 11.8 Å². The van der Waals surface area contributed by atoms with Crippen LogP contribution in [0, 0.1) is 64.6 Å². The Bertz CT molecular complexity index is 3820. The lowest BCUT2D eigenvalue weighted by molar-refractivity contribution is -0.148. The zero-order valence-electron chi connectivity index (χ0n) is 56.7. The van der Waals surface area contributed by atoms with Crippen LogP contribution in [-0.4, -0.2) is 81.4 Å². The van der Waals surface area contributed by atoms with Crippen molar-refractivity contribution in [3.8, 4) is 23.7 Å². The highest BCUT2D eigenvalue weighted by Gasteiger charge is 2.57. The summed E-state index contributed by atoms with van der Waals surface area (Å²) in [4.78, 5) is 77.7. The summed E-state index contributed by atoms with van der Waals surface area (Å²) in [5.74, 6) is 10.4. The second-order valence-electron chi connectivity index (χ2n) is 25.4. The summed E-state index contributed by atoms with van der Waals surface area (Å²) in [6, 6.07) is 54.7. The Hall–Kier alpha value is -8.87. The highest BCUT2D eigenvalue weighted by Crippen LogP contribution is 2.49. The van der Waals surface area contributed by atoms with Crippen LogP contribution in [0.25, 0.3) is 0 Å². The van der Waals surface area contributed by atoms with Crippen LogP contribution in [0.15, 0.2) is 218 Å². The molecule has 0 radical (unpaired) electrons. The fourth-order valence-corrected chi connectivity index (χ4v) is 14.4. The number of carbonyl (C=O) groups is 6. The van der Waals surface area contributed by atoms with Crippen molar-refractivity contribution >= 4 is 59.0 Å². The average Bonchev–Trinajstić information content (AvgIpc) is 1.71. The Morgan fingerprint density at radius 3 is 1.46 bits per heavy atom. The van der Waals surface area contributed by atoms with E-state index in [-0.39, 0.29) is 74.5 Å². The van der Waals surface area contributed by atoms with Gasteiger partial charge in [0, 0.05) is 41.9 Å². The summed E-state index contributed by atoms with van der Waals surface area (Å²) < 4.78 is 20.0. The lowest BCUT2D eigenvalue weighted by Gasteiger charge is -2.40. The number of ketones is 3. The van der Waals surface area contributed by atoms with E-state index in [0.717, 1.165) is 76.0 Å². The van der Waals surface area contributed by atoms with Crippen molar-refractivity contribution in [2.24, 2.45) is 34.0 Å². The van der Waals surface area contributed by atoms with Gasteiger partial charge in [0.05, 0.1) is 35.9 Å². The van der Waals surface area contributed by atoms with Crippen LogP contribution in [0.5, 0.6) is 0 Å². The maximum atomic E-state index is 14.5. The van der Waals surface area contributed by atoms with Gasteiger partial charge in [-0.2, -0.15) is 0 Å². The third-order valence-electron chi connectivity index (χ3n) is 18.6. The molecular weight excluding hydrogens is 1230 g/mol. The predicted octanol–water partition coefficient (Wildman–Crippen LogP) is 15.1. The van der Waals surface area contributed by atoms with Crippen molar-refractivity contribution in [1.29, 1.82) is 0 Å². The van der Waals surface area contributed by atoms with E-state index in [1.165, 1.54) is 6.92 Å². The minimum atomic E-state index is -1.02. The number of allylic oxidation sites excluding steroid dienone is 4. The molecule has 6 aromatic carbocycles. The van der Waals surface area contributed by atoms with Crippen molar-refractivity contribution in [2.75, 3.05) is 40.6 Å². The molecule has 13 heteroatoms. The fraction of sp³-hybridized carbons (Fsp3) is 0.357. The van der Waals surface area contributed by atoms with Crippen molar-refractivity contribution in [3.05, 3.63) is 246 Å². The smallest absolute Gasteiger partial charge is 0.317 e. The number of hydrogen-bond acceptors (Lipinski definition) is 10. The molecule has 2 aliphatic heterocycles. The molecule has 2 unspecified atom stereocenters. The van der Waals surface area contributed by atoms with Crippen LogP contribution >= 0.6 is 7.92 Å². The van der Waals surface area contributed by atoms with E-state index in [9.17, 15) is 28.8 Å². The fourth-order valence-electron chi connectivity index (χ4n) is 12.0. The van der Waals surface area contributed by atoms with Gasteiger partial charge in [-0.05, 0) is 125 Å². The number of cyclic esters (lactones) is 1. The van der Waals surface area contributed by atoms with E-state index in [1.807, 2.05) is 192 Å². The largest absolute Gasteiger partial charge is 0.464 e. The molecule has 0 aromatic heterocycles. The van der Waals surface area contributed by atoms with Crippen LogP contribution in [0.4, 0.5) is 0 Å². The van der Waals surface area contributed by atoms with E-state index in [2.05, 4.69) is 91.7 Å². The zero-order valence-corrected chi connectivity index (χ0v) is 57.6. The molecule has 0 spiro atoms. The second kappa shape index (κ2) is 37.0. The van der Waals surface area contributed by atoms with Gasteiger partial charge in [0.2, 0.25) is 0 Å². The van der Waals surface area contributed by atoms with E-state index in [1.54, 1.807) is 20.3 Å². The number of methoxy groups -OCH3 is 2. The van der Waals surface area contributed by atoms with Crippen LogP contribution in [0.3, 0.4) is 0 Å². The number of Topliss-reactive ketones (excluding diaryl/α,β-unsaturated/α-hetero) is 3. The SMILES string of the molecule is C.C.C=CC1(C)CO1.C=C[C@@]1(C)COC(=O)C1C(=O)[C@@]1(C)C(C#CCOC)=CCC[C@H]1C.COCC#CC1=CCC[C@@H](C)[C@@]1(C)C(=O)CC(C)=O.Cc1ccccc1C(=O)N[C@H](c1ccccc1)[C@H](NC(=O)c1ccccc1P(c1ccccc1)c1ccccc1)c1ccccc1. The van der Waals surface area contributed by atoms with Crippen molar-refractivity contribution < 1.29 is 47.7 Å². The number of epoxide rings is 1. The maximum absolute atomic E-state index is 14.5. The Labute approximate surface area is 579 Å². The van der Waals surface area contributed by atoms with Gasteiger partial charge in [-0.1, -0.05) is 241 Å². The standard InChI is InChI=1S/C41H35N2O2P.C20H26O4.C16H22O3.C5H8O.2CH4/c1-30-18-14-15-27-35(30)40(44)42-38(31-19-6-2-7-20-31)39(32-21-8-3-9-22-32)43-41(45)36-28-16-17-29-37(36)46(33-23-10-4-11-24-33)34-25-12-5-13-26-34;1-6-19(3)13-24-18(22)16(19)17(21)20(4)14(2)9-7-10-15(20)11-8-12-23-5;1-12-7-5-8-14(9-6-10-19-4)16(12,3)15(18)11-13(2)17;1-3-5(2)4-6-5;;/h2-29,38-39H,1H3,(H,42,44)(H,43,45);6,10,14,16H,1,7,9,12-13H2,2-5H3;8,12H,5,7,10-11H2,1-4H3;3H,1,4H2,2H3;2*1H4/t38-,39-;14-,16?,19+,20-;12-,16-;;;/m111.../s1. The molecule has 12 nitrogen and oxygen atoms in total. The molecule has 10 rings (SSSR count). The van der Waals surface area contributed by atoms with Gasteiger partial charge in [-0.25, -0.2) is 0 Å². The summed E-state index contributed by atoms with van der Waals surface area (Å²) in [6.07, 6.45) is 11.2. The summed E-state index contributed by atoms with van der Waals surface area (Å²) >= 11 is 0. The maximum Gasteiger partial charge on any atom is 0.317 e. The second-order valence-corrected chi connectivity index (χ2v) is 27.5. The first-order valence-electron chi connectivity index (χ1n) is 32.4. The molecule has 0 bridgehead atoms. The van der Waals surface area contributed by atoms with E-state index in [4.69, 9.17) is 18.9 Å². The molecule has 2 amide bonds. The zero-order chi connectivity index (χ0) is 68.8. The molecule has 4 aliphatic rings. The van der Waals surface area contributed by atoms with Gasteiger partial charge in [0.15, 0.2) is 11.6 Å². The van der Waals surface area contributed by atoms with Gasteiger partial charge < -0.3 is 29.6 Å². The third kappa shape index (κ3) is 19.9. The number of benzene rings is 6. The van der Waals surface area contributed by atoms with E-state index < -0.39 is 48.1 Å². The monoisotopic (exact) mass is 1330 g/mol. The van der Waals surface area contributed by atoms with Gasteiger partial charge in [-0.15, -0.1) is 13.2 Å². The number of nitrogens with one attached hydrogen (secondary N) is 2. The Kier molecular flexibility index (Phi) is 30.1. The Balaban J connectivity index is 0.000000278. The van der Waals surface area contributed by atoms with Crippen LogP contribution in [-0.2, 0) is 38.1 Å². The summed E-state index contributed by atoms with van der Waals surface area (Å²) in [7, 11) is 2.16. The van der Waals surface area contributed by atoms with E-state index >= 15 is 0 Å². The number of aryl methyl sites for hydroxylation is 1. The minimum absolute atomic E-state index is 0. The average molecular weight is 1330 g/mol.